The number of carbonyl (C=O) groups is 2. The van der Waals surface area contributed by atoms with E-state index in [1.807, 2.05) is 125 Å². The van der Waals surface area contributed by atoms with E-state index in [0.717, 1.165) is 28.1 Å². The van der Waals surface area contributed by atoms with Crippen LogP contribution >= 0.6 is 0 Å². The standard InChI is InChI=1S/C21H23NO3.C16H20O4.C7H9N.C4H9O.K/c1-4-5-14-25-19-12-8-17(15-20(19)24-3)9-13-21(23)22-18-10-6-16(2)7-11-18;1-3-5-10-20-15-8-6-13(11-14(15)12-17)7-9-16(18)19-4-2;1-6-2-4-7(8)5-3-6;1-4(2,3)5;/h4-13,15H,14H2,1-3H3,(H,22,23);3,5-9,11,17H,4,10,12H2,1-2H3;2-5H,8H2,1H3;1-3H3;/q;;;-1;+1/b5-4+,13-9+;5-3+,9-7+;;;. The number of anilines is 2. The molecule has 0 aliphatic carbocycles. The third kappa shape index (κ3) is 27.0. The second kappa shape index (κ2) is 31.5. The van der Waals surface area contributed by atoms with E-state index in [1.54, 1.807) is 59.1 Å². The molecular weight excluding hydrogens is 772 g/mol. The molecule has 0 aliphatic heterocycles. The van der Waals surface area contributed by atoms with Crippen molar-refractivity contribution in [2.24, 2.45) is 0 Å². The number of esters is 1. The summed E-state index contributed by atoms with van der Waals surface area (Å²) in [5.41, 5.74) is 11.0. The summed E-state index contributed by atoms with van der Waals surface area (Å²) in [7, 11) is 1.59. The number of nitrogen functional groups attached to an aromatic ring is 1. The van der Waals surface area contributed by atoms with Gasteiger partial charge in [-0.3, -0.25) is 4.79 Å². The van der Waals surface area contributed by atoms with Gasteiger partial charge in [0.1, 0.15) is 19.0 Å². The molecule has 0 atom stereocenters. The number of hydrogen-bond donors (Lipinski definition) is 3. The van der Waals surface area contributed by atoms with Crippen molar-refractivity contribution in [3.05, 3.63) is 149 Å². The molecular formula is C48H61KN2O8. The van der Waals surface area contributed by atoms with Crippen LogP contribution in [-0.4, -0.2) is 49.5 Å². The van der Waals surface area contributed by atoms with Gasteiger partial charge in [-0.2, -0.15) is 0 Å². The summed E-state index contributed by atoms with van der Waals surface area (Å²) >= 11 is 0. The first kappa shape index (κ1) is 54.5. The summed E-state index contributed by atoms with van der Waals surface area (Å²) in [6.45, 7) is 15.7. The third-order valence-electron chi connectivity index (χ3n) is 7.11. The Morgan fingerprint density at radius 3 is 1.75 bits per heavy atom. The Morgan fingerprint density at radius 1 is 0.763 bits per heavy atom. The SMILES string of the molecule is C/C=C/COc1ccc(/C=C/C(=O)Nc2ccc(C)cc2)cc1OC.C/C=C/COc1ccc(/C=C/C(=O)OCC)cc1CO.CC(C)(C)[O-].Cc1ccc(N)cc1.[K+]. The van der Waals surface area contributed by atoms with E-state index in [0.29, 0.717) is 42.6 Å². The molecule has 0 heterocycles. The monoisotopic (exact) mass is 832 g/mol. The maximum atomic E-state index is 12.0. The molecule has 4 rings (SSSR count). The van der Waals surface area contributed by atoms with Gasteiger partial charge >= 0.3 is 57.4 Å². The van der Waals surface area contributed by atoms with Crippen molar-refractivity contribution >= 4 is 35.4 Å². The average Bonchev–Trinajstić information content (AvgIpc) is 3.19. The van der Waals surface area contributed by atoms with Gasteiger partial charge in [0, 0.05) is 29.1 Å². The van der Waals surface area contributed by atoms with E-state index in [1.165, 1.54) is 17.7 Å². The van der Waals surface area contributed by atoms with Gasteiger partial charge in [-0.05, 0) is 106 Å². The van der Waals surface area contributed by atoms with E-state index in [-0.39, 0.29) is 69.9 Å². The predicted molar refractivity (Wildman–Crippen MR) is 236 cm³/mol. The number of aliphatic hydroxyl groups is 1. The minimum atomic E-state index is -0.750. The number of rotatable bonds is 14. The fourth-order valence-corrected chi connectivity index (χ4v) is 4.26. The first-order valence-corrected chi connectivity index (χ1v) is 18.9. The van der Waals surface area contributed by atoms with Crippen LogP contribution in [0.15, 0.2) is 121 Å². The molecule has 312 valence electrons. The van der Waals surface area contributed by atoms with E-state index < -0.39 is 5.60 Å². The summed E-state index contributed by atoms with van der Waals surface area (Å²) in [5.74, 6) is 1.37. The maximum absolute atomic E-state index is 12.0. The van der Waals surface area contributed by atoms with Crippen molar-refractivity contribution in [3.8, 4) is 17.2 Å². The molecule has 59 heavy (non-hydrogen) atoms. The molecule has 0 saturated heterocycles. The van der Waals surface area contributed by atoms with Gasteiger partial charge in [0.05, 0.1) is 20.3 Å². The first-order valence-electron chi connectivity index (χ1n) is 18.9. The number of aryl methyl sites for hydroxylation is 2. The molecule has 4 aromatic rings. The Hall–Kier alpha value is -4.46. The molecule has 0 spiro atoms. The molecule has 11 heteroatoms. The number of ether oxygens (including phenoxy) is 4. The molecule has 4 aromatic carbocycles. The Morgan fingerprint density at radius 2 is 1.25 bits per heavy atom. The number of allylic oxidation sites excluding steroid dienone is 2. The van der Waals surface area contributed by atoms with Crippen LogP contribution in [0.25, 0.3) is 12.2 Å². The van der Waals surface area contributed by atoms with Crippen molar-refractivity contribution in [1.29, 1.82) is 0 Å². The van der Waals surface area contributed by atoms with Gasteiger partial charge in [-0.15, -0.1) is 5.60 Å². The Labute approximate surface area is 394 Å². The summed E-state index contributed by atoms with van der Waals surface area (Å²) in [4.78, 5) is 23.2. The molecule has 1 amide bonds. The normalized spacial score (nSPS) is 10.7. The zero-order valence-electron chi connectivity index (χ0n) is 36.4. The summed E-state index contributed by atoms with van der Waals surface area (Å²) in [5, 5.41) is 22.3. The van der Waals surface area contributed by atoms with Crippen LogP contribution in [-0.2, 0) is 20.9 Å². The number of nitrogens with two attached hydrogens (primary N) is 1. The van der Waals surface area contributed by atoms with Gasteiger partial charge < -0.3 is 40.2 Å². The topological polar surface area (TPSA) is 152 Å². The summed E-state index contributed by atoms with van der Waals surface area (Å²) in [6, 6.07) is 26.4. The average molecular weight is 833 g/mol. The van der Waals surface area contributed by atoms with Crippen molar-refractivity contribution in [1.82, 2.24) is 0 Å². The van der Waals surface area contributed by atoms with Crippen LogP contribution in [0.2, 0.25) is 0 Å². The van der Waals surface area contributed by atoms with E-state index in [9.17, 15) is 19.8 Å². The number of benzene rings is 4. The molecule has 4 N–H and O–H groups in total. The molecule has 0 unspecified atom stereocenters. The zero-order valence-corrected chi connectivity index (χ0v) is 39.5. The molecule has 0 aliphatic rings. The quantitative estimate of drug-likeness (QED) is 0.0454. The smallest absolute Gasteiger partial charge is 0.850 e. The van der Waals surface area contributed by atoms with Crippen molar-refractivity contribution in [3.63, 3.8) is 0 Å². The Balaban J connectivity index is 0.000000875. The Kier molecular flexibility index (Phi) is 29.1. The molecule has 0 saturated carbocycles. The van der Waals surface area contributed by atoms with E-state index in [4.69, 9.17) is 24.7 Å². The maximum Gasteiger partial charge on any atom is 1.00 e. The summed E-state index contributed by atoms with van der Waals surface area (Å²) in [6.07, 6.45) is 13.9. The molecule has 0 bridgehead atoms. The van der Waals surface area contributed by atoms with Crippen LogP contribution in [0.4, 0.5) is 11.4 Å². The molecule has 10 nitrogen and oxygen atoms in total. The second-order valence-electron chi connectivity index (χ2n) is 13.5. The van der Waals surface area contributed by atoms with Crippen LogP contribution in [0.1, 0.15) is 69.4 Å². The summed E-state index contributed by atoms with van der Waals surface area (Å²) < 4.78 is 21.3. The Bertz CT molecular complexity index is 1890. The van der Waals surface area contributed by atoms with Gasteiger partial charge in [-0.1, -0.05) is 92.6 Å². The number of nitrogens with one attached hydrogen (secondary N) is 1. The second-order valence-corrected chi connectivity index (χ2v) is 13.5. The first-order chi connectivity index (χ1) is 27.6. The largest absolute Gasteiger partial charge is 1.00 e. The number of aliphatic hydroxyl groups excluding tert-OH is 1. The van der Waals surface area contributed by atoms with Crippen LogP contribution in [0.5, 0.6) is 17.2 Å². The molecule has 0 aromatic heterocycles. The van der Waals surface area contributed by atoms with E-state index in [2.05, 4.69) is 5.32 Å². The molecule has 0 fully saturated rings. The third-order valence-corrected chi connectivity index (χ3v) is 7.11. The predicted octanol–water partition coefficient (Wildman–Crippen LogP) is 6.05. The van der Waals surface area contributed by atoms with Gasteiger partial charge in [0.25, 0.3) is 0 Å². The van der Waals surface area contributed by atoms with Crippen molar-refractivity contribution < 1.29 is 90.1 Å². The van der Waals surface area contributed by atoms with Gasteiger partial charge in [0.2, 0.25) is 5.91 Å². The fraction of sp³-hybridized carbons (Fsp3) is 0.292. The zero-order chi connectivity index (χ0) is 43.3. The number of amides is 1. The molecule has 0 radical (unpaired) electrons. The minimum Gasteiger partial charge on any atom is -0.850 e. The fourth-order valence-electron chi connectivity index (χ4n) is 4.26. The van der Waals surface area contributed by atoms with Gasteiger partial charge in [0.15, 0.2) is 11.5 Å². The minimum absolute atomic E-state index is 0. The van der Waals surface area contributed by atoms with Crippen LogP contribution in [0.3, 0.4) is 0 Å². The van der Waals surface area contributed by atoms with Crippen LogP contribution < -0.4 is 81.8 Å². The van der Waals surface area contributed by atoms with Gasteiger partial charge in [-0.25, -0.2) is 4.79 Å². The number of hydrogen-bond acceptors (Lipinski definition) is 9. The van der Waals surface area contributed by atoms with Crippen molar-refractivity contribution in [2.45, 2.75) is 67.6 Å². The van der Waals surface area contributed by atoms with E-state index >= 15 is 0 Å². The van der Waals surface area contributed by atoms with Crippen molar-refractivity contribution in [2.75, 3.05) is 38.0 Å². The number of methoxy groups -OCH3 is 1. The number of carbonyl (C=O) groups excluding carboxylic acids is 2. The van der Waals surface area contributed by atoms with Crippen LogP contribution in [0, 0.1) is 13.8 Å².